The summed E-state index contributed by atoms with van der Waals surface area (Å²) in [5, 5.41) is 9.37. The van der Waals surface area contributed by atoms with Crippen molar-refractivity contribution in [2.24, 2.45) is 0 Å². The van der Waals surface area contributed by atoms with Crippen molar-refractivity contribution < 1.29 is 23.3 Å². The highest BCUT2D eigenvalue weighted by Gasteiger charge is 2.34. The number of carbonyl (C=O) groups is 3. The normalized spacial score (nSPS) is 14.3. The number of nitrogens with one attached hydrogen (secondary N) is 2. The third-order valence-corrected chi connectivity index (χ3v) is 6.14. The molecule has 188 valence electrons. The number of benzene rings is 2. The number of halogens is 1. The smallest absolute Gasteiger partial charge is 0.248 e. The summed E-state index contributed by atoms with van der Waals surface area (Å²) in [7, 11) is 0. The molecule has 2 aromatic carbocycles. The zero-order chi connectivity index (χ0) is 25.5. The highest BCUT2D eigenvalue weighted by atomic mass is 19.1. The molecule has 0 aliphatic heterocycles. The fourth-order valence-corrected chi connectivity index (χ4v) is 4.44. The first-order chi connectivity index (χ1) is 17.4. The van der Waals surface area contributed by atoms with E-state index >= 15 is 0 Å². The lowest BCUT2D eigenvalue weighted by atomic mass is 10.0. The van der Waals surface area contributed by atoms with E-state index in [-0.39, 0.29) is 36.3 Å². The maximum Gasteiger partial charge on any atom is 0.248 e. The average molecular weight is 493 g/mol. The van der Waals surface area contributed by atoms with Gasteiger partial charge in [-0.2, -0.15) is 0 Å². The van der Waals surface area contributed by atoms with Gasteiger partial charge in [0.15, 0.2) is 5.82 Å². The molecule has 1 saturated carbocycles. The predicted octanol–water partition coefficient (Wildman–Crippen LogP) is 4.67. The van der Waals surface area contributed by atoms with Crippen LogP contribution in [0.25, 0.3) is 0 Å². The lowest BCUT2D eigenvalue weighted by molar-refractivity contribution is -0.127. The Kier molecular flexibility index (Phi) is 8.10. The SMILES string of the molecule is Cc1cc(NC(=O)CCC(=O)N(c2cccc(F)c2)[C@H](C(=O)NC2CCCC2)c2ccccc2)no1. The van der Waals surface area contributed by atoms with E-state index < -0.39 is 23.7 Å². The van der Waals surface area contributed by atoms with Crippen LogP contribution in [-0.2, 0) is 14.4 Å². The first kappa shape index (κ1) is 25.1. The van der Waals surface area contributed by atoms with Gasteiger partial charge in [0.1, 0.15) is 17.6 Å². The van der Waals surface area contributed by atoms with Gasteiger partial charge in [0.05, 0.1) is 0 Å². The van der Waals surface area contributed by atoms with E-state index in [1.54, 1.807) is 43.3 Å². The van der Waals surface area contributed by atoms with Gasteiger partial charge in [0, 0.05) is 30.6 Å². The summed E-state index contributed by atoms with van der Waals surface area (Å²) >= 11 is 0. The molecule has 1 fully saturated rings. The quantitative estimate of drug-likeness (QED) is 0.452. The summed E-state index contributed by atoms with van der Waals surface area (Å²) in [5.41, 5.74) is 0.830. The van der Waals surface area contributed by atoms with E-state index in [2.05, 4.69) is 15.8 Å². The van der Waals surface area contributed by atoms with Crippen molar-refractivity contribution in [3.63, 3.8) is 0 Å². The summed E-state index contributed by atoms with van der Waals surface area (Å²) in [6.07, 6.45) is 3.48. The number of amides is 3. The molecule has 0 unspecified atom stereocenters. The van der Waals surface area contributed by atoms with Gasteiger partial charge >= 0.3 is 0 Å². The van der Waals surface area contributed by atoms with Crippen LogP contribution in [0.5, 0.6) is 0 Å². The molecule has 36 heavy (non-hydrogen) atoms. The number of nitrogens with zero attached hydrogens (tertiary/aromatic N) is 2. The molecule has 1 aliphatic carbocycles. The van der Waals surface area contributed by atoms with Gasteiger partial charge in [-0.25, -0.2) is 4.39 Å². The van der Waals surface area contributed by atoms with Crippen molar-refractivity contribution in [2.45, 2.75) is 57.5 Å². The first-order valence-corrected chi connectivity index (χ1v) is 12.1. The number of anilines is 2. The maximum absolute atomic E-state index is 14.2. The van der Waals surface area contributed by atoms with E-state index in [0.717, 1.165) is 25.7 Å². The number of hydrogen-bond donors (Lipinski definition) is 2. The Balaban J connectivity index is 1.60. The van der Waals surface area contributed by atoms with Crippen LogP contribution >= 0.6 is 0 Å². The molecule has 2 N–H and O–H groups in total. The molecule has 4 rings (SSSR count). The Morgan fingerprint density at radius 3 is 2.47 bits per heavy atom. The number of carbonyl (C=O) groups excluding carboxylic acids is 3. The summed E-state index contributed by atoms with van der Waals surface area (Å²) in [5.74, 6) is -0.992. The van der Waals surface area contributed by atoms with Crippen LogP contribution in [0, 0.1) is 12.7 Å². The van der Waals surface area contributed by atoms with Gasteiger partial charge in [-0.1, -0.05) is 54.4 Å². The molecule has 0 radical (unpaired) electrons. The number of aromatic nitrogens is 1. The highest BCUT2D eigenvalue weighted by Crippen LogP contribution is 2.30. The zero-order valence-corrected chi connectivity index (χ0v) is 20.1. The zero-order valence-electron chi connectivity index (χ0n) is 20.1. The molecule has 1 heterocycles. The Morgan fingerprint density at radius 2 is 1.81 bits per heavy atom. The molecule has 8 nitrogen and oxygen atoms in total. The molecule has 3 aromatic rings. The van der Waals surface area contributed by atoms with E-state index in [9.17, 15) is 18.8 Å². The average Bonchev–Trinajstić information content (AvgIpc) is 3.52. The second kappa shape index (κ2) is 11.6. The number of rotatable bonds is 9. The minimum absolute atomic E-state index is 0.0323. The van der Waals surface area contributed by atoms with Crippen molar-refractivity contribution in [1.82, 2.24) is 10.5 Å². The fraction of sp³-hybridized carbons (Fsp3) is 0.333. The van der Waals surface area contributed by atoms with Crippen LogP contribution in [0.1, 0.15) is 55.9 Å². The molecule has 9 heteroatoms. The third kappa shape index (κ3) is 6.35. The maximum atomic E-state index is 14.2. The lowest BCUT2D eigenvalue weighted by Gasteiger charge is -2.32. The van der Waals surface area contributed by atoms with Crippen LogP contribution in [0.2, 0.25) is 0 Å². The Hall–Kier alpha value is -4.01. The molecular weight excluding hydrogens is 463 g/mol. The van der Waals surface area contributed by atoms with Crippen molar-refractivity contribution in [2.75, 3.05) is 10.2 Å². The second-order valence-corrected chi connectivity index (χ2v) is 8.92. The number of aryl methyl sites for hydroxylation is 1. The molecule has 1 aliphatic rings. The predicted molar refractivity (Wildman–Crippen MR) is 133 cm³/mol. The van der Waals surface area contributed by atoms with E-state index in [1.807, 2.05) is 6.07 Å². The molecule has 3 amide bonds. The lowest BCUT2D eigenvalue weighted by Crippen LogP contribution is -2.46. The molecule has 1 atom stereocenters. The Bertz CT molecular complexity index is 1210. The topological polar surface area (TPSA) is 105 Å². The minimum Gasteiger partial charge on any atom is -0.360 e. The van der Waals surface area contributed by atoms with Crippen LogP contribution < -0.4 is 15.5 Å². The summed E-state index contributed by atoms with van der Waals surface area (Å²) in [4.78, 5) is 40.9. The van der Waals surface area contributed by atoms with E-state index in [4.69, 9.17) is 4.52 Å². The Labute approximate surface area is 208 Å². The van der Waals surface area contributed by atoms with Gasteiger partial charge in [-0.15, -0.1) is 0 Å². The molecule has 0 bridgehead atoms. The van der Waals surface area contributed by atoms with Gasteiger partial charge in [0.25, 0.3) is 0 Å². The molecule has 0 saturated heterocycles. The van der Waals surface area contributed by atoms with Crippen LogP contribution in [-0.4, -0.2) is 28.9 Å². The fourth-order valence-electron chi connectivity index (χ4n) is 4.44. The van der Waals surface area contributed by atoms with Crippen LogP contribution in [0.3, 0.4) is 0 Å². The summed E-state index contributed by atoms with van der Waals surface area (Å²) < 4.78 is 19.2. The Morgan fingerprint density at radius 1 is 1.06 bits per heavy atom. The summed E-state index contributed by atoms with van der Waals surface area (Å²) in [6.45, 7) is 1.70. The second-order valence-electron chi connectivity index (χ2n) is 8.92. The largest absolute Gasteiger partial charge is 0.360 e. The van der Waals surface area contributed by atoms with Crippen molar-refractivity contribution in [1.29, 1.82) is 0 Å². The highest BCUT2D eigenvalue weighted by molar-refractivity contribution is 6.03. The first-order valence-electron chi connectivity index (χ1n) is 12.1. The van der Waals surface area contributed by atoms with Crippen LogP contribution in [0.4, 0.5) is 15.9 Å². The van der Waals surface area contributed by atoms with Crippen molar-refractivity contribution in [3.8, 4) is 0 Å². The molecule has 0 spiro atoms. The van der Waals surface area contributed by atoms with E-state index in [0.29, 0.717) is 11.3 Å². The van der Waals surface area contributed by atoms with Gasteiger partial charge in [-0.3, -0.25) is 19.3 Å². The third-order valence-electron chi connectivity index (χ3n) is 6.14. The monoisotopic (exact) mass is 492 g/mol. The molecule has 1 aromatic heterocycles. The number of hydrogen-bond acceptors (Lipinski definition) is 5. The van der Waals surface area contributed by atoms with Gasteiger partial charge < -0.3 is 15.2 Å². The minimum atomic E-state index is -1.03. The summed E-state index contributed by atoms with van der Waals surface area (Å²) in [6, 6.07) is 15.0. The van der Waals surface area contributed by atoms with Gasteiger partial charge in [-0.05, 0) is 43.5 Å². The van der Waals surface area contributed by atoms with Crippen molar-refractivity contribution >= 4 is 29.2 Å². The van der Waals surface area contributed by atoms with Crippen LogP contribution in [0.15, 0.2) is 65.2 Å². The van der Waals surface area contributed by atoms with E-state index in [1.165, 1.54) is 23.1 Å². The standard InChI is InChI=1S/C27H29FN4O4/c1-18-16-23(31-36-18)30-24(33)14-15-25(34)32(22-13-7-10-20(28)17-22)26(19-8-3-2-4-9-19)27(35)29-21-11-5-6-12-21/h2-4,7-10,13,16-17,21,26H,5-6,11-12,14-15H2,1H3,(H,29,35)(H,30,31,33)/t26-/m0/s1. The van der Waals surface area contributed by atoms with Gasteiger partial charge in [0.2, 0.25) is 17.7 Å². The molecular formula is C27H29FN4O4. The van der Waals surface area contributed by atoms with Crippen molar-refractivity contribution in [3.05, 3.63) is 77.8 Å².